The number of rotatable bonds is 5. The number of aliphatic carboxylic acids is 1. The lowest BCUT2D eigenvalue weighted by Gasteiger charge is -2.20. The largest absolute Gasteiger partial charge is 0.481 e. The molecule has 0 saturated carbocycles. The fourth-order valence-electron chi connectivity index (χ4n) is 1.57. The molecule has 6 heteroatoms. The van der Waals surface area contributed by atoms with E-state index >= 15 is 0 Å². The van der Waals surface area contributed by atoms with Crippen LogP contribution in [0.4, 0.5) is 4.39 Å². The van der Waals surface area contributed by atoms with Crippen LogP contribution in [-0.2, 0) is 10.3 Å². The van der Waals surface area contributed by atoms with E-state index in [-0.39, 0.29) is 18.4 Å². The topological polar surface area (TPSA) is 80.4 Å². The van der Waals surface area contributed by atoms with Crippen LogP contribution < -0.4 is 0 Å². The number of halogens is 1. The SMILES string of the molecule is CC(CCC(=O)O)(c1ccccc1F)[N+](=O)[O-]. The van der Waals surface area contributed by atoms with Crippen molar-refractivity contribution in [3.05, 3.63) is 45.8 Å². The summed E-state index contributed by atoms with van der Waals surface area (Å²) < 4.78 is 13.5. The Morgan fingerprint density at radius 2 is 2.12 bits per heavy atom. The number of carboxylic acid groups (broad SMARTS) is 1. The number of hydrogen-bond donors (Lipinski definition) is 1. The number of hydrogen-bond acceptors (Lipinski definition) is 3. The molecule has 0 aliphatic carbocycles. The Morgan fingerprint density at radius 1 is 1.53 bits per heavy atom. The summed E-state index contributed by atoms with van der Waals surface area (Å²) in [7, 11) is 0. The van der Waals surface area contributed by atoms with Crippen LogP contribution in [0.15, 0.2) is 24.3 Å². The van der Waals surface area contributed by atoms with Crippen molar-refractivity contribution in [2.45, 2.75) is 25.3 Å². The van der Waals surface area contributed by atoms with Gasteiger partial charge in [-0.1, -0.05) is 12.1 Å². The molecule has 92 valence electrons. The normalized spacial score (nSPS) is 14.0. The molecule has 1 N–H and O–H groups in total. The third kappa shape index (κ3) is 2.77. The first-order valence-corrected chi connectivity index (χ1v) is 4.99. The highest BCUT2D eigenvalue weighted by atomic mass is 19.1. The lowest BCUT2D eigenvalue weighted by atomic mass is 9.87. The molecule has 0 aliphatic rings. The lowest BCUT2D eigenvalue weighted by molar-refractivity contribution is -0.576. The van der Waals surface area contributed by atoms with Crippen LogP contribution in [0.5, 0.6) is 0 Å². The van der Waals surface area contributed by atoms with Gasteiger partial charge in [0.15, 0.2) is 0 Å². The Balaban J connectivity index is 3.12. The van der Waals surface area contributed by atoms with E-state index in [1.54, 1.807) is 0 Å². The molecule has 1 unspecified atom stereocenters. The monoisotopic (exact) mass is 241 g/mol. The molecule has 1 aromatic rings. The first-order valence-electron chi connectivity index (χ1n) is 4.99. The van der Waals surface area contributed by atoms with Crippen molar-refractivity contribution >= 4 is 5.97 Å². The zero-order valence-corrected chi connectivity index (χ0v) is 9.22. The van der Waals surface area contributed by atoms with Crippen LogP contribution in [0.1, 0.15) is 25.3 Å². The van der Waals surface area contributed by atoms with E-state index in [2.05, 4.69) is 0 Å². The van der Waals surface area contributed by atoms with Crippen LogP contribution in [0.2, 0.25) is 0 Å². The molecule has 0 aliphatic heterocycles. The van der Waals surface area contributed by atoms with Crippen molar-refractivity contribution in [2.75, 3.05) is 0 Å². The van der Waals surface area contributed by atoms with Gasteiger partial charge in [0.2, 0.25) is 5.54 Å². The van der Waals surface area contributed by atoms with Crippen LogP contribution in [-0.4, -0.2) is 16.0 Å². The van der Waals surface area contributed by atoms with Crippen molar-refractivity contribution < 1.29 is 19.2 Å². The summed E-state index contributed by atoms with van der Waals surface area (Å²) in [6.07, 6.45) is -0.637. The Bertz CT molecular complexity index is 449. The highest BCUT2D eigenvalue weighted by Gasteiger charge is 2.41. The molecule has 17 heavy (non-hydrogen) atoms. The number of nitro groups is 1. The summed E-state index contributed by atoms with van der Waals surface area (Å²) in [5.74, 6) is -1.84. The molecule has 0 spiro atoms. The van der Waals surface area contributed by atoms with E-state index in [9.17, 15) is 19.3 Å². The number of carbonyl (C=O) groups is 1. The molecule has 0 amide bonds. The van der Waals surface area contributed by atoms with E-state index in [4.69, 9.17) is 5.11 Å². The number of carboxylic acids is 1. The second kappa shape index (κ2) is 4.90. The molecule has 1 rings (SSSR count). The lowest BCUT2D eigenvalue weighted by Crippen LogP contribution is -2.33. The van der Waals surface area contributed by atoms with E-state index < -0.39 is 22.2 Å². The van der Waals surface area contributed by atoms with E-state index in [1.165, 1.54) is 25.1 Å². The van der Waals surface area contributed by atoms with Crippen LogP contribution in [0.25, 0.3) is 0 Å². The van der Waals surface area contributed by atoms with Crippen LogP contribution in [0.3, 0.4) is 0 Å². The fourth-order valence-corrected chi connectivity index (χ4v) is 1.57. The second-order valence-corrected chi connectivity index (χ2v) is 3.90. The molecule has 0 fully saturated rings. The summed E-state index contributed by atoms with van der Waals surface area (Å²) in [5.41, 5.74) is -1.81. The van der Waals surface area contributed by atoms with Crippen molar-refractivity contribution in [2.24, 2.45) is 0 Å². The maximum Gasteiger partial charge on any atom is 0.303 e. The summed E-state index contributed by atoms with van der Waals surface area (Å²) >= 11 is 0. The van der Waals surface area contributed by atoms with E-state index in [0.717, 1.165) is 6.07 Å². The molecule has 0 saturated heterocycles. The Labute approximate surface area is 97.0 Å². The van der Waals surface area contributed by atoms with Crippen LogP contribution >= 0.6 is 0 Å². The predicted molar refractivity (Wildman–Crippen MR) is 57.6 cm³/mol. The molecule has 1 aromatic carbocycles. The molecular formula is C11H12FNO4. The summed E-state index contributed by atoms with van der Waals surface area (Å²) in [5, 5.41) is 19.6. The Hall–Kier alpha value is -1.98. The van der Waals surface area contributed by atoms with Crippen molar-refractivity contribution in [3.63, 3.8) is 0 Å². The third-order valence-corrected chi connectivity index (χ3v) is 2.68. The van der Waals surface area contributed by atoms with Gasteiger partial charge in [0.25, 0.3) is 0 Å². The smallest absolute Gasteiger partial charge is 0.303 e. The van der Waals surface area contributed by atoms with Gasteiger partial charge in [-0.25, -0.2) is 4.39 Å². The average Bonchev–Trinajstić information content (AvgIpc) is 2.26. The minimum absolute atomic E-state index is 0.0914. The van der Waals surface area contributed by atoms with Gasteiger partial charge in [-0.15, -0.1) is 0 Å². The summed E-state index contributed by atoms with van der Waals surface area (Å²) in [6.45, 7) is 1.23. The van der Waals surface area contributed by atoms with Gasteiger partial charge in [0.1, 0.15) is 5.82 Å². The Morgan fingerprint density at radius 3 is 2.59 bits per heavy atom. The zero-order valence-electron chi connectivity index (χ0n) is 9.22. The molecule has 0 heterocycles. The van der Waals surface area contributed by atoms with Gasteiger partial charge >= 0.3 is 5.97 Å². The highest BCUT2D eigenvalue weighted by Crippen LogP contribution is 2.31. The maximum absolute atomic E-state index is 13.5. The highest BCUT2D eigenvalue weighted by molar-refractivity contribution is 5.66. The van der Waals surface area contributed by atoms with Crippen molar-refractivity contribution in [3.8, 4) is 0 Å². The van der Waals surface area contributed by atoms with E-state index in [0.29, 0.717) is 0 Å². The average molecular weight is 241 g/mol. The van der Waals surface area contributed by atoms with Gasteiger partial charge in [0, 0.05) is 18.3 Å². The molecular weight excluding hydrogens is 229 g/mol. The van der Waals surface area contributed by atoms with E-state index in [1.807, 2.05) is 0 Å². The molecule has 5 nitrogen and oxygen atoms in total. The van der Waals surface area contributed by atoms with Gasteiger partial charge in [0.05, 0.1) is 12.0 Å². The molecule has 0 bridgehead atoms. The summed E-state index contributed by atoms with van der Waals surface area (Å²) in [6, 6.07) is 5.34. The number of benzene rings is 1. The molecule has 0 aromatic heterocycles. The number of nitrogens with zero attached hydrogens (tertiary/aromatic N) is 1. The van der Waals surface area contributed by atoms with Crippen molar-refractivity contribution in [1.29, 1.82) is 0 Å². The second-order valence-electron chi connectivity index (χ2n) is 3.90. The van der Waals surface area contributed by atoms with Gasteiger partial charge < -0.3 is 5.11 Å². The van der Waals surface area contributed by atoms with Gasteiger partial charge in [-0.2, -0.15) is 0 Å². The van der Waals surface area contributed by atoms with Crippen LogP contribution in [0, 0.1) is 15.9 Å². The first kappa shape index (κ1) is 13.1. The molecule has 1 atom stereocenters. The third-order valence-electron chi connectivity index (χ3n) is 2.68. The minimum Gasteiger partial charge on any atom is -0.481 e. The summed E-state index contributed by atoms with van der Waals surface area (Å²) in [4.78, 5) is 20.9. The predicted octanol–water partition coefficient (Wildman–Crippen LogP) is 2.18. The Kier molecular flexibility index (Phi) is 3.77. The van der Waals surface area contributed by atoms with Gasteiger partial charge in [-0.3, -0.25) is 14.9 Å². The zero-order chi connectivity index (χ0) is 13.1. The van der Waals surface area contributed by atoms with Gasteiger partial charge in [-0.05, 0) is 12.1 Å². The minimum atomic E-state index is -1.72. The maximum atomic E-state index is 13.5. The fraction of sp³-hybridized carbons (Fsp3) is 0.364. The molecule has 0 radical (unpaired) electrons. The first-order chi connectivity index (χ1) is 7.88. The van der Waals surface area contributed by atoms with Crippen molar-refractivity contribution in [1.82, 2.24) is 0 Å². The standard InChI is InChI=1S/C11H12FNO4/c1-11(13(16)17,7-6-10(14)15)8-4-2-3-5-9(8)12/h2-5H,6-7H2,1H3,(H,14,15). The quantitative estimate of drug-likeness (QED) is 0.632.